The molecule has 0 atom stereocenters. The second-order valence-electron chi connectivity index (χ2n) is 7.36. The number of methoxy groups -OCH3 is 1. The quantitative estimate of drug-likeness (QED) is 0.224. The molecule has 1 saturated heterocycles. The predicted molar refractivity (Wildman–Crippen MR) is 140 cm³/mol. The lowest BCUT2D eigenvalue weighted by molar-refractivity contribution is -0.122. The molecule has 34 heavy (non-hydrogen) atoms. The largest absolute Gasteiger partial charge is 0.496 e. The smallest absolute Gasteiger partial charge is 0.335 e. The number of hydrogen-bond donors (Lipinski definition) is 1. The van der Waals surface area contributed by atoms with Crippen molar-refractivity contribution in [3.05, 3.63) is 96.5 Å². The first-order chi connectivity index (χ1) is 16.3. The molecule has 1 fully saturated rings. The Balaban J connectivity index is 1.73. The summed E-state index contributed by atoms with van der Waals surface area (Å²) in [4.78, 5) is 39.0. The van der Waals surface area contributed by atoms with Gasteiger partial charge < -0.3 is 4.74 Å². The lowest BCUT2D eigenvalue weighted by Gasteiger charge is -2.27. The second-order valence-corrected chi connectivity index (χ2v) is 9.34. The van der Waals surface area contributed by atoms with Crippen LogP contribution in [0, 0.1) is 3.57 Å². The van der Waals surface area contributed by atoms with Crippen LogP contribution in [-0.4, -0.2) is 25.0 Å². The number of hydrogen-bond acceptors (Lipinski definition) is 4. The third-order valence-corrected chi connectivity index (χ3v) is 6.88. The van der Waals surface area contributed by atoms with Gasteiger partial charge in [-0.3, -0.25) is 14.9 Å². The Morgan fingerprint density at radius 1 is 1.00 bits per heavy atom. The van der Waals surface area contributed by atoms with Crippen LogP contribution in [-0.2, 0) is 16.0 Å². The first kappa shape index (κ1) is 24.3. The molecule has 3 aromatic rings. The Morgan fingerprint density at radius 2 is 1.68 bits per heavy atom. The fourth-order valence-corrected chi connectivity index (χ4v) is 4.82. The van der Waals surface area contributed by atoms with Gasteiger partial charge in [0, 0.05) is 20.6 Å². The van der Waals surface area contributed by atoms with Crippen molar-refractivity contribution < 1.29 is 19.1 Å². The number of amides is 4. The summed E-state index contributed by atoms with van der Waals surface area (Å²) in [5, 5.41) is 3.06. The van der Waals surface area contributed by atoms with E-state index < -0.39 is 17.8 Å². The summed E-state index contributed by atoms with van der Waals surface area (Å²) in [6, 6.07) is 16.7. The molecule has 1 aliphatic heterocycles. The van der Waals surface area contributed by atoms with E-state index >= 15 is 0 Å². The average Bonchev–Trinajstić information content (AvgIpc) is 2.80. The van der Waals surface area contributed by atoms with E-state index in [0.717, 1.165) is 19.6 Å². The molecule has 0 aromatic heterocycles. The van der Waals surface area contributed by atoms with E-state index in [0.29, 0.717) is 22.8 Å². The van der Waals surface area contributed by atoms with Crippen molar-refractivity contribution in [2.45, 2.75) is 6.42 Å². The van der Waals surface area contributed by atoms with Crippen LogP contribution in [0.3, 0.4) is 0 Å². The molecule has 0 radical (unpaired) electrons. The number of ether oxygens (including phenoxy) is 1. The normalized spacial score (nSPS) is 15.0. The number of halogens is 3. The van der Waals surface area contributed by atoms with Crippen molar-refractivity contribution in [2.24, 2.45) is 0 Å². The Morgan fingerprint density at radius 3 is 2.35 bits per heavy atom. The van der Waals surface area contributed by atoms with Crippen molar-refractivity contribution >= 4 is 75.4 Å². The first-order valence-corrected chi connectivity index (χ1v) is 11.9. The molecule has 4 rings (SSSR count). The molecule has 0 bridgehead atoms. The fraction of sp³-hybridized carbons (Fsp3) is 0.0800. The van der Waals surface area contributed by atoms with E-state index in [1.54, 1.807) is 31.4 Å². The van der Waals surface area contributed by atoms with Crippen LogP contribution in [0.4, 0.5) is 10.5 Å². The van der Waals surface area contributed by atoms with Crippen LogP contribution in [0.1, 0.15) is 16.7 Å². The minimum Gasteiger partial charge on any atom is -0.496 e. The Hall–Kier alpha value is -2.88. The van der Waals surface area contributed by atoms with Gasteiger partial charge in [-0.2, -0.15) is 0 Å². The molecule has 0 unspecified atom stereocenters. The molecular formula is C25H17Cl2IN2O4. The van der Waals surface area contributed by atoms with E-state index in [2.05, 4.69) is 27.9 Å². The average molecular weight is 607 g/mol. The zero-order chi connectivity index (χ0) is 24.4. The minimum absolute atomic E-state index is 0.187. The number of rotatable bonds is 5. The second kappa shape index (κ2) is 10.2. The van der Waals surface area contributed by atoms with Gasteiger partial charge in [0.25, 0.3) is 11.8 Å². The molecule has 9 heteroatoms. The van der Waals surface area contributed by atoms with Crippen LogP contribution in [0.15, 0.2) is 66.2 Å². The summed E-state index contributed by atoms with van der Waals surface area (Å²) in [5.41, 5.74) is 2.42. The zero-order valence-electron chi connectivity index (χ0n) is 17.8. The highest BCUT2D eigenvalue weighted by Gasteiger charge is 2.37. The van der Waals surface area contributed by atoms with Gasteiger partial charge >= 0.3 is 6.03 Å². The first-order valence-electron chi connectivity index (χ1n) is 10.1. The van der Waals surface area contributed by atoms with E-state index in [-0.39, 0.29) is 16.3 Å². The van der Waals surface area contributed by atoms with Crippen molar-refractivity contribution in [3.8, 4) is 5.75 Å². The number of carbonyl (C=O) groups is 3. The number of para-hydroxylation sites is 1. The minimum atomic E-state index is -0.859. The zero-order valence-corrected chi connectivity index (χ0v) is 21.4. The summed E-state index contributed by atoms with van der Waals surface area (Å²) in [6.07, 6.45) is 1.98. The van der Waals surface area contributed by atoms with Gasteiger partial charge in [0.05, 0.1) is 17.8 Å². The molecule has 0 spiro atoms. The van der Waals surface area contributed by atoms with Crippen molar-refractivity contribution in [1.29, 1.82) is 0 Å². The number of benzene rings is 3. The molecule has 1 aliphatic rings. The van der Waals surface area contributed by atoms with E-state index in [1.807, 2.05) is 30.3 Å². The highest BCUT2D eigenvalue weighted by Crippen LogP contribution is 2.33. The number of anilines is 1. The number of barbiturate groups is 1. The Kier molecular flexibility index (Phi) is 7.25. The van der Waals surface area contributed by atoms with Gasteiger partial charge in [0.2, 0.25) is 0 Å². The SMILES string of the molecule is COc1cc(/C=C2\C(=O)NC(=O)N(c3ccccc3Cl)C2=O)cc(I)c1Cc1ccccc1Cl. The fourth-order valence-electron chi connectivity index (χ4n) is 3.58. The van der Waals surface area contributed by atoms with E-state index in [9.17, 15) is 14.4 Å². The number of nitrogens with zero attached hydrogens (tertiary/aromatic N) is 1. The van der Waals surface area contributed by atoms with Crippen molar-refractivity contribution in [3.63, 3.8) is 0 Å². The molecule has 1 N–H and O–H groups in total. The van der Waals surface area contributed by atoms with Crippen LogP contribution in [0.5, 0.6) is 5.75 Å². The van der Waals surface area contributed by atoms with Crippen LogP contribution in [0.2, 0.25) is 10.0 Å². The molecule has 4 amide bonds. The molecule has 1 heterocycles. The van der Waals surface area contributed by atoms with Crippen LogP contribution >= 0.6 is 45.8 Å². The Labute approximate surface area is 219 Å². The van der Waals surface area contributed by atoms with Gasteiger partial charge in [-0.05, 0) is 70.1 Å². The van der Waals surface area contributed by atoms with Crippen LogP contribution in [0.25, 0.3) is 6.08 Å². The topological polar surface area (TPSA) is 75.7 Å². The summed E-state index contributed by atoms with van der Waals surface area (Å²) in [7, 11) is 1.55. The molecule has 6 nitrogen and oxygen atoms in total. The van der Waals surface area contributed by atoms with Gasteiger partial charge in [-0.1, -0.05) is 53.5 Å². The number of carbonyl (C=O) groups excluding carboxylic acids is 3. The summed E-state index contributed by atoms with van der Waals surface area (Å²) in [6.45, 7) is 0. The summed E-state index contributed by atoms with van der Waals surface area (Å²) in [5.74, 6) is -0.968. The molecule has 0 aliphatic carbocycles. The third kappa shape index (κ3) is 4.82. The number of imide groups is 2. The number of urea groups is 1. The third-order valence-electron chi connectivity index (χ3n) is 5.23. The van der Waals surface area contributed by atoms with Gasteiger partial charge in [-0.15, -0.1) is 0 Å². The summed E-state index contributed by atoms with van der Waals surface area (Å²) >= 11 is 14.7. The molecule has 172 valence electrons. The van der Waals surface area contributed by atoms with E-state index in [1.165, 1.54) is 12.1 Å². The monoisotopic (exact) mass is 606 g/mol. The maximum atomic E-state index is 13.2. The van der Waals surface area contributed by atoms with Gasteiger partial charge in [-0.25, -0.2) is 9.69 Å². The Bertz CT molecular complexity index is 1360. The van der Waals surface area contributed by atoms with Gasteiger partial charge in [0.15, 0.2) is 0 Å². The lowest BCUT2D eigenvalue weighted by Crippen LogP contribution is -2.54. The van der Waals surface area contributed by atoms with Crippen molar-refractivity contribution in [2.75, 3.05) is 12.0 Å². The predicted octanol–water partition coefficient (Wildman–Crippen LogP) is 5.86. The highest BCUT2D eigenvalue weighted by atomic mass is 127. The number of nitrogens with one attached hydrogen (secondary N) is 1. The maximum absolute atomic E-state index is 13.2. The molecular weight excluding hydrogens is 590 g/mol. The standard InChI is InChI=1S/C25H17Cl2IN2O4/c1-34-22-12-14(11-20(28)16(22)13-15-6-2-3-7-18(15)26)10-17-23(31)29-25(33)30(24(17)32)21-9-5-4-8-19(21)27/h2-12H,13H2,1H3,(H,29,31,33)/b17-10+. The maximum Gasteiger partial charge on any atom is 0.335 e. The van der Waals surface area contributed by atoms with Gasteiger partial charge in [0.1, 0.15) is 11.3 Å². The molecule has 3 aromatic carbocycles. The summed E-state index contributed by atoms with van der Waals surface area (Å²) < 4.78 is 6.47. The lowest BCUT2D eigenvalue weighted by atomic mass is 10.0. The van der Waals surface area contributed by atoms with Crippen molar-refractivity contribution in [1.82, 2.24) is 5.32 Å². The highest BCUT2D eigenvalue weighted by molar-refractivity contribution is 14.1. The van der Waals surface area contributed by atoms with Crippen LogP contribution < -0.4 is 15.0 Å². The molecule has 0 saturated carbocycles. The van der Waals surface area contributed by atoms with E-state index in [4.69, 9.17) is 27.9 Å².